The van der Waals surface area contributed by atoms with Crippen LogP contribution in [0.2, 0.25) is 10.0 Å². The van der Waals surface area contributed by atoms with Gasteiger partial charge in [-0.2, -0.15) is 0 Å². The van der Waals surface area contributed by atoms with Crippen LogP contribution in [-0.4, -0.2) is 4.98 Å². The van der Waals surface area contributed by atoms with Crippen LogP contribution in [0.3, 0.4) is 0 Å². The molecule has 0 spiro atoms. The van der Waals surface area contributed by atoms with Gasteiger partial charge in [0.2, 0.25) is 0 Å². The van der Waals surface area contributed by atoms with Gasteiger partial charge in [0.05, 0.1) is 22.4 Å². The second kappa shape index (κ2) is 3.30. The van der Waals surface area contributed by atoms with Crippen LogP contribution in [0.25, 0.3) is 10.9 Å². The molecule has 0 saturated carbocycles. The maximum absolute atomic E-state index is 6.04. The third kappa shape index (κ3) is 1.31. The normalized spacial score (nSPS) is 10.8. The molecule has 2 aromatic rings. The molecular formula is C10H8Cl2N2. The molecule has 1 heterocycles. The zero-order valence-corrected chi connectivity index (χ0v) is 9.02. The Morgan fingerprint density at radius 1 is 1.29 bits per heavy atom. The van der Waals surface area contributed by atoms with E-state index < -0.39 is 0 Å². The molecule has 0 aliphatic heterocycles. The van der Waals surface area contributed by atoms with E-state index in [0.717, 1.165) is 16.5 Å². The first kappa shape index (κ1) is 9.56. The van der Waals surface area contributed by atoms with Crippen molar-refractivity contribution in [2.75, 3.05) is 5.73 Å². The van der Waals surface area contributed by atoms with Gasteiger partial charge in [0, 0.05) is 10.4 Å². The van der Waals surface area contributed by atoms with Crippen LogP contribution in [0, 0.1) is 6.92 Å². The number of rotatable bonds is 0. The molecule has 0 bridgehead atoms. The quantitative estimate of drug-likeness (QED) is 0.748. The SMILES string of the molecule is Cc1c(Cl)ccc2c(Cl)c(N)cnc12. The maximum atomic E-state index is 6.04. The highest BCUT2D eigenvalue weighted by Gasteiger charge is 2.07. The van der Waals surface area contributed by atoms with Crippen LogP contribution < -0.4 is 5.73 Å². The fourth-order valence-electron chi connectivity index (χ4n) is 1.37. The second-order valence-corrected chi connectivity index (χ2v) is 3.88. The summed E-state index contributed by atoms with van der Waals surface area (Å²) in [6, 6.07) is 3.63. The maximum Gasteiger partial charge on any atom is 0.0762 e. The van der Waals surface area contributed by atoms with E-state index in [0.29, 0.717) is 15.7 Å². The third-order valence-electron chi connectivity index (χ3n) is 2.19. The first-order valence-electron chi connectivity index (χ1n) is 4.10. The average molecular weight is 227 g/mol. The van der Waals surface area contributed by atoms with Crippen molar-refractivity contribution in [1.82, 2.24) is 4.98 Å². The number of aryl methyl sites for hydroxylation is 1. The lowest BCUT2D eigenvalue weighted by Gasteiger charge is -2.06. The molecule has 1 aromatic carbocycles. The number of aromatic nitrogens is 1. The summed E-state index contributed by atoms with van der Waals surface area (Å²) in [6.07, 6.45) is 1.55. The average Bonchev–Trinajstić information content (AvgIpc) is 2.17. The van der Waals surface area contributed by atoms with Crippen molar-refractivity contribution in [3.05, 3.63) is 33.9 Å². The van der Waals surface area contributed by atoms with E-state index in [1.54, 1.807) is 12.3 Å². The summed E-state index contributed by atoms with van der Waals surface area (Å²) in [5, 5.41) is 2.06. The predicted molar refractivity (Wildman–Crippen MR) is 60.9 cm³/mol. The van der Waals surface area contributed by atoms with Crippen molar-refractivity contribution in [1.29, 1.82) is 0 Å². The van der Waals surface area contributed by atoms with E-state index in [-0.39, 0.29) is 0 Å². The molecule has 0 radical (unpaired) electrons. The molecular weight excluding hydrogens is 219 g/mol. The molecule has 0 atom stereocenters. The van der Waals surface area contributed by atoms with Crippen LogP contribution in [0.4, 0.5) is 5.69 Å². The van der Waals surface area contributed by atoms with Crippen LogP contribution in [0.5, 0.6) is 0 Å². The molecule has 14 heavy (non-hydrogen) atoms. The molecule has 72 valence electrons. The first-order valence-corrected chi connectivity index (χ1v) is 4.85. The van der Waals surface area contributed by atoms with Crippen LogP contribution in [-0.2, 0) is 0 Å². The van der Waals surface area contributed by atoms with Gasteiger partial charge >= 0.3 is 0 Å². The van der Waals surface area contributed by atoms with Gasteiger partial charge in [-0.1, -0.05) is 23.2 Å². The summed E-state index contributed by atoms with van der Waals surface area (Å²) in [6.45, 7) is 1.91. The fourth-order valence-corrected chi connectivity index (χ4v) is 1.72. The summed E-state index contributed by atoms with van der Waals surface area (Å²) in [5.41, 5.74) is 7.86. The number of nitrogens with two attached hydrogens (primary N) is 1. The summed E-state index contributed by atoms with van der Waals surface area (Å²) < 4.78 is 0. The lowest BCUT2D eigenvalue weighted by molar-refractivity contribution is 1.37. The number of anilines is 1. The Bertz CT molecular complexity index is 462. The number of nitrogen functional groups attached to an aromatic ring is 1. The number of hydrogen-bond donors (Lipinski definition) is 1. The molecule has 2 rings (SSSR count). The van der Waals surface area contributed by atoms with E-state index in [4.69, 9.17) is 28.9 Å². The van der Waals surface area contributed by atoms with Crippen LogP contribution in [0.1, 0.15) is 5.56 Å². The summed E-state index contributed by atoms with van der Waals surface area (Å²) in [5.74, 6) is 0. The van der Waals surface area contributed by atoms with Gasteiger partial charge < -0.3 is 5.73 Å². The summed E-state index contributed by atoms with van der Waals surface area (Å²) >= 11 is 12.0. The van der Waals surface area contributed by atoms with Crippen molar-refractivity contribution < 1.29 is 0 Å². The number of halogens is 2. The van der Waals surface area contributed by atoms with Crippen molar-refractivity contribution in [2.24, 2.45) is 0 Å². The Labute approximate surface area is 91.6 Å². The minimum absolute atomic E-state index is 0.487. The van der Waals surface area contributed by atoms with Crippen molar-refractivity contribution in [2.45, 2.75) is 6.92 Å². The highest BCUT2D eigenvalue weighted by Crippen LogP contribution is 2.31. The van der Waals surface area contributed by atoms with Crippen molar-refractivity contribution >= 4 is 39.8 Å². The van der Waals surface area contributed by atoms with Gasteiger partial charge in [0.25, 0.3) is 0 Å². The topological polar surface area (TPSA) is 38.9 Å². The molecule has 4 heteroatoms. The number of benzene rings is 1. The zero-order chi connectivity index (χ0) is 10.3. The lowest BCUT2D eigenvalue weighted by Crippen LogP contribution is -1.91. The molecule has 0 aliphatic rings. The molecule has 0 saturated heterocycles. The van der Waals surface area contributed by atoms with E-state index >= 15 is 0 Å². The monoisotopic (exact) mass is 226 g/mol. The van der Waals surface area contributed by atoms with Gasteiger partial charge in [-0.25, -0.2) is 0 Å². The van der Waals surface area contributed by atoms with Gasteiger partial charge in [0.1, 0.15) is 0 Å². The lowest BCUT2D eigenvalue weighted by atomic mass is 10.1. The molecule has 0 unspecified atom stereocenters. The standard InChI is InChI=1S/C10H8Cl2N2/c1-5-7(11)3-2-6-9(12)8(13)4-14-10(5)6/h2-4H,13H2,1H3. The highest BCUT2D eigenvalue weighted by molar-refractivity contribution is 6.38. The van der Waals surface area contributed by atoms with E-state index in [1.807, 2.05) is 13.0 Å². The molecule has 0 fully saturated rings. The molecule has 0 amide bonds. The first-order chi connectivity index (χ1) is 6.61. The highest BCUT2D eigenvalue weighted by atomic mass is 35.5. The van der Waals surface area contributed by atoms with Crippen LogP contribution >= 0.6 is 23.2 Å². The van der Waals surface area contributed by atoms with Crippen molar-refractivity contribution in [3.8, 4) is 0 Å². The van der Waals surface area contributed by atoms with Gasteiger partial charge in [-0.05, 0) is 24.6 Å². The Kier molecular flexibility index (Phi) is 2.25. The zero-order valence-electron chi connectivity index (χ0n) is 7.51. The Balaban J connectivity index is 2.94. The van der Waals surface area contributed by atoms with Gasteiger partial charge in [0.15, 0.2) is 0 Å². The number of nitrogens with zero attached hydrogens (tertiary/aromatic N) is 1. The largest absolute Gasteiger partial charge is 0.396 e. The fraction of sp³-hybridized carbons (Fsp3) is 0.100. The molecule has 2 N–H and O–H groups in total. The predicted octanol–water partition coefficient (Wildman–Crippen LogP) is 3.43. The summed E-state index contributed by atoms with van der Waals surface area (Å²) in [4.78, 5) is 4.21. The molecule has 1 aromatic heterocycles. The van der Waals surface area contributed by atoms with Crippen molar-refractivity contribution in [3.63, 3.8) is 0 Å². The van der Waals surface area contributed by atoms with E-state index in [1.165, 1.54) is 0 Å². The number of hydrogen-bond acceptors (Lipinski definition) is 2. The van der Waals surface area contributed by atoms with E-state index in [2.05, 4.69) is 4.98 Å². The minimum atomic E-state index is 0.487. The van der Waals surface area contributed by atoms with Gasteiger partial charge in [-0.3, -0.25) is 4.98 Å². The number of fused-ring (bicyclic) bond motifs is 1. The van der Waals surface area contributed by atoms with E-state index in [9.17, 15) is 0 Å². The Morgan fingerprint density at radius 3 is 2.71 bits per heavy atom. The molecule has 2 nitrogen and oxygen atoms in total. The minimum Gasteiger partial charge on any atom is -0.396 e. The van der Waals surface area contributed by atoms with Crippen LogP contribution in [0.15, 0.2) is 18.3 Å². The Hall–Kier alpha value is -0.990. The summed E-state index contributed by atoms with van der Waals surface area (Å²) in [7, 11) is 0. The number of pyridine rings is 1. The molecule has 0 aliphatic carbocycles. The Morgan fingerprint density at radius 2 is 2.00 bits per heavy atom. The smallest absolute Gasteiger partial charge is 0.0762 e. The second-order valence-electron chi connectivity index (χ2n) is 3.10. The third-order valence-corrected chi connectivity index (χ3v) is 3.02. The van der Waals surface area contributed by atoms with Gasteiger partial charge in [-0.15, -0.1) is 0 Å².